The van der Waals surface area contributed by atoms with Crippen LogP contribution in [0.2, 0.25) is 0 Å². The number of hydrogen-bond donors (Lipinski definition) is 1. The fourth-order valence-electron chi connectivity index (χ4n) is 3.07. The monoisotopic (exact) mass is 347 g/mol. The Hall–Kier alpha value is -2.15. The summed E-state index contributed by atoms with van der Waals surface area (Å²) in [4.78, 5) is 17.1. The van der Waals surface area contributed by atoms with Crippen molar-refractivity contribution in [3.05, 3.63) is 63.2 Å². The number of hydrogen-bond acceptors (Lipinski definition) is 3. The standard InChI is InChI=1S/C17H15F2N3OS/c18-12-5-3-7-14(16(12)19)24-9-10-8-15(23)22-17(20-10)11-4-1-2-6-13(11)21-22/h3,5,7-8,21H,1-2,4,6,9H2. The molecule has 0 amide bonds. The molecule has 1 aliphatic rings. The van der Waals surface area contributed by atoms with Crippen LogP contribution in [0.15, 0.2) is 34.0 Å². The van der Waals surface area contributed by atoms with Crippen LogP contribution < -0.4 is 5.56 Å². The van der Waals surface area contributed by atoms with Crippen LogP contribution in [-0.4, -0.2) is 14.6 Å². The average molecular weight is 347 g/mol. The highest BCUT2D eigenvalue weighted by atomic mass is 32.2. The lowest BCUT2D eigenvalue weighted by atomic mass is 9.98. The molecule has 4 nitrogen and oxygen atoms in total. The lowest BCUT2D eigenvalue weighted by Crippen LogP contribution is -2.15. The fourth-order valence-corrected chi connectivity index (χ4v) is 3.92. The smallest absolute Gasteiger partial charge is 0.272 e. The normalized spacial score (nSPS) is 14.1. The van der Waals surface area contributed by atoms with Gasteiger partial charge in [0.1, 0.15) is 0 Å². The minimum atomic E-state index is -0.872. The van der Waals surface area contributed by atoms with Crippen molar-refractivity contribution in [1.29, 1.82) is 0 Å². The summed E-state index contributed by atoms with van der Waals surface area (Å²) in [5.74, 6) is -1.42. The van der Waals surface area contributed by atoms with Crippen LogP contribution in [0, 0.1) is 11.6 Å². The zero-order chi connectivity index (χ0) is 16.7. The van der Waals surface area contributed by atoms with E-state index in [0.717, 1.165) is 54.8 Å². The molecular formula is C17H15F2N3OS. The Labute approximate surface area is 140 Å². The van der Waals surface area contributed by atoms with Crippen molar-refractivity contribution >= 4 is 17.4 Å². The Balaban J connectivity index is 1.67. The molecule has 0 saturated heterocycles. The first kappa shape index (κ1) is 15.4. The topological polar surface area (TPSA) is 50.2 Å². The second-order valence-electron chi connectivity index (χ2n) is 5.86. The van der Waals surface area contributed by atoms with Crippen molar-refractivity contribution < 1.29 is 8.78 Å². The molecule has 0 saturated carbocycles. The van der Waals surface area contributed by atoms with E-state index >= 15 is 0 Å². The van der Waals surface area contributed by atoms with E-state index in [1.807, 2.05) is 0 Å². The minimum Gasteiger partial charge on any atom is -0.293 e. The Morgan fingerprint density at radius 1 is 1.25 bits per heavy atom. The summed E-state index contributed by atoms with van der Waals surface area (Å²) in [6, 6.07) is 5.52. The van der Waals surface area contributed by atoms with Crippen LogP contribution in [0.5, 0.6) is 0 Å². The van der Waals surface area contributed by atoms with E-state index in [-0.39, 0.29) is 10.5 Å². The van der Waals surface area contributed by atoms with Crippen molar-refractivity contribution in [1.82, 2.24) is 14.6 Å². The van der Waals surface area contributed by atoms with Crippen molar-refractivity contribution in [2.45, 2.75) is 36.3 Å². The van der Waals surface area contributed by atoms with E-state index < -0.39 is 11.6 Å². The van der Waals surface area contributed by atoms with Gasteiger partial charge in [-0.3, -0.25) is 9.89 Å². The number of thioether (sulfide) groups is 1. The van der Waals surface area contributed by atoms with Crippen LogP contribution in [0.1, 0.15) is 29.8 Å². The summed E-state index contributed by atoms with van der Waals surface area (Å²) < 4.78 is 28.5. The molecule has 1 aliphatic carbocycles. The lowest BCUT2D eigenvalue weighted by Gasteiger charge is -2.09. The second kappa shape index (κ2) is 6.05. The summed E-state index contributed by atoms with van der Waals surface area (Å²) in [7, 11) is 0. The van der Waals surface area contributed by atoms with Gasteiger partial charge < -0.3 is 0 Å². The highest BCUT2D eigenvalue weighted by Crippen LogP contribution is 2.27. The van der Waals surface area contributed by atoms with Crippen LogP contribution in [0.25, 0.3) is 5.65 Å². The maximum atomic E-state index is 13.7. The zero-order valence-corrected chi connectivity index (χ0v) is 13.6. The number of benzene rings is 1. The summed E-state index contributed by atoms with van der Waals surface area (Å²) >= 11 is 1.14. The van der Waals surface area contributed by atoms with Gasteiger partial charge in [0.05, 0.1) is 5.69 Å². The molecule has 2 heterocycles. The molecule has 0 aliphatic heterocycles. The third kappa shape index (κ3) is 2.62. The van der Waals surface area contributed by atoms with Gasteiger partial charge in [-0.05, 0) is 37.8 Å². The predicted molar refractivity (Wildman–Crippen MR) is 88.4 cm³/mol. The minimum absolute atomic E-state index is 0.176. The largest absolute Gasteiger partial charge is 0.293 e. The van der Waals surface area contributed by atoms with E-state index in [1.54, 1.807) is 0 Å². The molecule has 0 atom stereocenters. The molecule has 24 heavy (non-hydrogen) atoms. The first-order valence-corrected chi connectivity index (χ1v) is 8.81. The molecule has 3 aromatic rings. The highest BCUT2D eigenvalue weighted by molar-refractivity contribution is 7.98. The SMILES string of the molecule is O=c1cc(CSc2cccc(F)c2F)nc2c3c([nH]n12)CCCC3. The number of aromatic amines is 1. The Morgan fingerprint density at radius 2 is 2.08 bits per heavy atom. The van der Waals surface area contributed by atoms with Crippen molar-refractivity contribution in [2.75, 3.05) is 0 Å². The zero-order valence-electron chi connectivity index (χ0n) is 12.8. The van der Waals surface area contributed by atoms with Crippen molar-refractivity contribution in [3.63, 3.8) is 0 Å². The summed E-state index contributed by atoms with van der Waals surface area (Å²) in [5.41, 5.74) is 3.23. The maximum Gasteiger partial charge on any atom is 0.272 e. The molecule has 0 spiro atoms. The lowest BCUT2D eigenvalue weighted by molar-refractivity contribution is 0.491. The van der Waals surface area contributed by atoms with Gasteiger partial charge in [0.2, 0.25) is 0 Å². The number of halogens is 2. The molecule has 1 aromatic carbocycles. The van der Waals surface area contributed by atoms with Crippen LogP contribution in [-0.2, 0) is 18.6 Å². The molecule has 0 unspecified atom stereocenters. The summed E-state index contributed by atoms with van der Waals surface area (Å²) in [6.45, 7) is 0. The van der Waals surface area contributed by atoms with Gasteiger partial charge >= 0.3 is 0 Å². The molecule has 0 bridgehead atoms. The van der Waals surface area contributed by atoms with Gasteiger partial charge in [0, 0.05) is 28.0 Å². The second-order valence-corrected chi connectivity index (χ2v) is 6.88. The van der Waals surface area contributed by atoms with Gasteiger partial charge in [0.15, 0.2) is 17.3 Å². The first-order valence-electron chi connectivity index (χ1n) is 7.82. The van der Waals surface area contributed by atoms with Crippen LogP contribution >= 0.6 is 11.8 Å². The number of aromatic nitrogens is 3. The van der Waals surface area contributed by atoms with Crippen molar-refractivity contribution in [3.8, 4) is 0 Å². The molecule has 1 N–H and O–H groups in total. The molecule has 2 aromatic heterocycles. The fraction of sp³-hybridized carbons (Fsp3) is 0.294. The quantitative estimate of drug-likeness (QED) is 0.738. The molecule has 0 radical (unpaired) electrons. The number of nitrogens with zero attached hydrogens (tertiary/aromatic N) is 2. The number of nitrogens with one attached hydrogen (secondary N) is 1. The third-order valence-electron chi connectivity index (χ3n) is 4.25. The van der Waals surface area contributed by atoms with Crippen molar-refractivity contribution in [2.24, 2.45) is 0 Å². The molecule has 124 valence electrons. The first-order chi connectivity index (χ1) is 11.6. The summed E-state index contributed by atoms with van der Waals surface area (Å²) in [5, 5.41) is 3.13. The van der Waals surface area contributed by atoms with E-state index in [0.29, 0.717) is 17.1 Å². The van der Waals surface area contributed by atoms with Gasteiger partial charge in [-0.25, -0.2) is 18.3 Å². The third-order valence-corrected chi connectivity index (χ3v) is 5.31. The van der Waals surface area contributed by atoms with Gasteiger partial charge in [-0.2, -0.15) is 0 Å². The number of aryl methyl sites for hydroxylation is 2. The van der Waals surface area contributed by atoms with E-state index in [2.05, 4.69) is 10.1 Å². The maximum absolute atomic E-state index is 13.7. The molecule has 4 rings (SSSR count). The molecular weight excluding hydrogens is 332 g/mol. The summed E-state index contributed by atoms with van der Waals surface area (Å²) in [6.07, 6.45) is 4.03. The average Bonchev–Trinajstić information content (AvgIpc) is 2.96. The number of fused-ring (bicyclic) bond motifs is 3. The highest BCUT2D eigenvalue weighted by Gasteiger charge is 2.18. The predicted octanol–water partition coefficient (Wildman–Crippen LogP) is 3.47. The van der Waals surface area contributed by atoms with E-state index in [9.17, 15) is 13.6 Å². The number of rotatable bonds is 3. The Morgan fingerprint density at radius 3 is 2.96 bits per heavy atom. The Kier molecular flexibility index (Phi) is 3.88. The molecule has 7 heteroatoms. The van der Waals surface area contributed by atoms with Gasteiger partial charge in [-0.15, -0.1) is 11.8 Å². The van der Waals surface area contributed by atoms with Gasteiger partial charge in [-0.1, -0.05) is 6.07 Å². The van der Waals surface area contributed by atoms with E-state index in [1.165, 1.54) is 22.7 Å². The van der Waals surface area contributed by atoms with Crippen LogP contribution in [0.3, 0.4) is 0 Å². The van der Waals surface area contributed by atoms with Gasteiger partial charge in [0.25, 0.3) is 5.56 Å². The Bertz CT molecular complexity index is 980. The number of H-pyrrole nitrogens is 1. The van der Waals surface area contributed by atoms with E-state index in [4.69, 9.17) is 0 Å². The molecule has 0 fully saturated rings. The van der Waals surface area contributed by atoms with Crippen LogP contribution in [0.4, 0.5) is 8.78 Å².